The minimum absolute atomic E-state index is 0.0539. The highest BCUT2D eigenvalue weighted by Gasteiger charge is 2.22. The lowest BCUT2D eigenvalue weighted by atomic mass is 10.0. The molecule has 0 aliphatic carbocycles. The highest BCUT2D eigenvalue weighted by atomic mass is 79.9. The van der Waals surface area contributed by atoms with Crippen LogP contribution in [0.15, 0.2) is 31.9 Å². The first-order valence-electron chi connectivity index (χ1n) is 7.31. The molecule has 3 rings (SSSR count). The number of benzene rings is 1. The normalized spacial score (nSPS) is 18.4. The van der Waals surface area contributed by atoms with Crippen molar-refractivity contribution in [3.05, 3.63) is 44.2 Å². The van der Waals surface area contributed by atoms with Crippen LogP contribution in [0.25, 0.3) is 11.0 Å². The molecule has 1 aromatic heterocycles. The summed E-state index contributed by atoms with van der Waals surface area (Å²) in [5, 5.41) is 6.92. The minimum atomic E-state index is -0.589. The molecule has 1 fully saturated rings. The summed E-state index contributed by atoms with van der Waals surface area (Å²) in [6.45, 7) is 3.48. The van der Waals surface area contributed by atoms with Crippen LogP contribution >= 0.6 is 15.9 Å². The largest absolute Gasteiger partial charge is 0.422 e. The summed E-state index contributed by atoms with van der Waals surface area (Å²) in [6, 6.07) is 5.43. The molecule has 22 heavy (non-hydrogen) atoms. The van der Waals surface area contributed by atoms with Gasteiger partial charge in [-0.3, -0.25) is 4.79 Å². The van der Waals surface area contributed by atoms with Gasteiger partial charge < -0.3 is 15.1 Å². The zero-order chi connectivity index (χ0) is 15.7. The van der Waals surface area contributed by atoms with Crippen LogP contribution in [0.3, 0.4) is 0 Å². The predicted octanol–water partition coefficient (Wildman–Crippen LogP) is 2.35. The molecule has 1 aliphatic heterocycles. The Morgan fingerprint density at radius 2 is 2.27 bits per heavy atom. The van der Waals surface area contributed by atoms with E-state index in [0.717, 1.165) is 35.8 Å². The average Bonchev–Trinajstić information content (AvgIpc) is 2.49. The van der Waals surface area contributed by atoms with Crippen molar-refractivity contribution >= 4 is 32.8 Å². The molecule has 0 unspecified atom stereocenters. The van der Waals surface area contributed by atoms with E-state index in [2.05, 4.69) is 26.6 Å². The molecule has 0 radical (unpaired) electrons. The van der Waals surface area contributed by atoms with Crippen LogP contribution in [0.1, 0.15) is 28.8 Å². The number of amides is 1. The van der Waals surface area contributed by atoms with Gasteiger partial charge in [0.05, 0.1) is 0 Å². The molecule has 0 bridgehead atoms. The molecular formula is C16H17BrN2O3. The van der Waals surface area contributed by atoms with Gasteiger partial charge >= 0.3 is 5.63 Å². The minimum Gasteiger partial charge on any atom is -0.422 e. The first-order valence-corrected chi connectivity index (χ1v) is 8.10. The van der Waals surface area contributed by atoms with E-state index in [1.165, 1.54) is 0 Å². The quantitative estimate of drug-likeness (QED) is 0.802. The third-order valence-corrected chi connectivity index (χ3v) is 4.48. The second-order valence-electron chi connectivity index (χ2n) is 5.55. The van der Waals surface area contributed by atoms with Crippen LogP contribution in [0.2, 0.25) is 0 Å². The fraction of sp³-hybridized carbons (Fsp3) is 0.375. The highest BCUT2D eigenvalue weighted by molar-refractivity contribution is 9.10. The van der Waals surface area contributed by atoms with Crippen LogP contribution in [-0.4, -0.2) is 25.0 Å². The molecule has 1 atom stereocenters. The van der Waals surface area contributed by atoms with E-state index >= 15 is 0 Å². The molecule has 5 nitrogen and oxygen atoms in total. The maximum atomic E-state index is 12.5. The first kappa shape index (κ1) is 15.2. The molecule has 0 spiro atoms. The number of carbonyl (C=O) groups is 1. The van der Waals surface area contributed by atoms with Crippen molar-refractivity contribution in [2.75, 3.05) is 13.1 Å². The lowest BCUT2D eigenvalue weighted by Gasteiger charge is -2.23. The summed E-state index contributed by atoms with van der Waals surface area (Å²) >= 11 is 3.40. The van der Waals surface area contributed by atoms with Crippen molar-refractivity contribution in [3.8, 4) is 0 Å². The van der Waals surface area contributed by atoms with Crippen molar-refractivity contribution in [1.82, 2.24) is 10.6 Å². The fourth-order valence-corrected chi connectivity index (χ4v) is 3.18. The lowest BCUT2D eigenvalue weighted by Crippen LogP contribution is -2.46. The maximum absolute atomic E-state index is 12.5. The number of halogens is 1. The Morgan fingerprint density at radius 1 is 1.45 bits per heavy atom. The molecule has 1 saturated heterocycles. The Bertz CT molecular complexity index is 779. The maximum Gasteiger partial charge on any atom is 0.349 e. The Labute approximate surface area is 136 Å². The van der Waals surface area contributed by atoms with E-state index in [9.17, 15) is 9.59 Å². The number of hydrogen-bond acceptors (Lipinski definition) is 4. The molecule has 1 aromatic carbocycles. The van der Waals surface area contributed by atoms with Crippen LogP contribution < -0.4 is 16.3 Å². The van der Waals surface area contributed by atoms with Gasteiger partial charge in [0.15, 0.2) is 0 Å². The topological polar surface area (TPSA) is 71.3 Å². The predicted molar refractivity (Wildman–Crippen MR) is 88.3 cm³/mol. The summed E-state index contributed by atoms with van der Waals surface area (Å²) in [6.07, 6.45) is 1.94. The van der Waals surface area contributed by atoms with E-state index in [-0.39, 0.29) is 17.5 Å². The fourth-order valence-electron chi connectivity index (χ4n) is 2.82. The van der Waals surface area contributed by atoms with E-state index in [1.807, 2.05) is 6.07 Å². The molecule has 0 saturated carbocycles. The van der Waals surface area contributed by atoms with E-state index in [4.69, 9.17) is 4.42 Å². The third-order valence-electron chi connectivity index (χ3n) is 3.99. The van der Waals surface area contributed by atoms with Gasteiger partial charge in [-0.2, -0.15) is 0 Å². The van der Waals surface area contributed by atoms with Gasteiger partial charge in [0.25, 0.3) is 5.91 Å². The van der Waals surface area contributed by atoms with Crippen molar-refractivity contribution in [1.29, 1.82) is 0 Å². The van der Waals surface area contributed by atoms with Gasteiger partial charge in [-0.1, -0.05) is 15.9 Å². The van der Waals surface area contributed by atoms with Crippen molar-refractivity contribution in [2.24, 2.45) is 0 Å². The van der Waals surface area contributed by atoms with Crippen molar-refractivity contribution in [3.63, 3.8) is 0 Å². The molecule has 1 aliphatic rings. The molecule has 1 amide bonds. The molecular weight excluding hydrogens is 348 g/mol. The van der Waals surface area contributed by atoms with Crippen LogP contribution in [-0.2, 0) is 0 Å². The van der Waals surface area contributed by atoms with Gasteiger partial charge in [-0.05, 0) is 50.1 Å². The smallest absolute Gasteiger partial charge is 0.349 e. The summed E-state index contributed by atoms with van der Waals surface area (Å²) < 4.78 is 6.16. The second-order valence-corrected chi connectivity index (χ2v) is 6.46. The van der Waals surface area contributed by atoms with Crippen LogP contribution in [0.4, 0.5) is 0 Å². The second kappa shape index (κ2) is 6.22. The zero-order valence-electron chi connectivity index (χ0n) is 12.2. The average molecular weight is 365 g/mol. The summed E-state index contributed by atoms with van der Waals surface area (Å²) in [5.41, 5.74) is 0.639. The Balaban J connectivity index is 1.98. The Kier molecular flexibility index (Phi) is 4.31. The number of piperidine rings is 1. The van der Waals surface area contributed by atoms with Crippen LogP contribution in [0, 0.1) is 6.92 Å². The monoisotopic (exact) mass is 364 g/mol. The number of fused-ring (bicyclic) bond motifs is 1. The Morgan fingerprint density at radius 3 is 3.00 bits per heavy atom. The zero-order valence-corrected chi connectivity index (χ0v) is 13.8. The standard InChI is InChI=1S/C16H17BrN2O3/c1-9-12-7-10(17)4-5-13(12)22-16(21)14(9)15(20)19-11-3-2-6-18-8-11/h4-5,7,11,18H,2-3,6,8H2,1H3,(H,19,20)/t11-/m0/s1. The molecule has 2 heterocycles. The first-order chi connectivity index (χ1) is 10.6. The van der Waals surface area contributed by atoms with Gasteiger partial charge in [-0.25, -0.2) is 4.79 Å². The third kappa shape index (κ3) is 2.94. The van der Waals surface area contributed by atoms with E-state index in [0.29, 0.717) is 11.1 Å². The number of carbonyl (C=O) groups excluding carboxylic acids is 1. The number of hydrogen-bond donors (Lipinski definition) is 2. The molecule has 116 valence electrons. The van der Waals surface area contributed by atoms with E-state index < -0.39 is 5.63 Å². The molecule has 2 aromatic rings. The summed E-state index contributed by atoms with van der Waals surface area (Å²) in [5.74, 6) is -0.359. The molecule has 6 heteroatoms. The van der Waals surface area contributed by atoms with Crippen molar-refractivity contribution in [2.45, 2.75) is 25.8 Å². The van der Waals surface area contributed by atoms with Gasteiger partial charge in [0.2, 0.25) is 0 Å². The summed E-state index contributed by atoms with van der Waals surface area (Å²) in [7, 11) is 0. The Hall–Kier alpha value is -1.66. The number of nitrogens with one attached hydrogen (secondary N) is 2. The van der Waals surface area contributed by atoms with Gasteiger partial charge in [0, 0.05) is 22.4 Å². The number of aryl methyl sites for hydroxylation is 1. The van der Waals surface area contributed by atoms with Crippen molar-refractivity contribution < 1.29 is 9.21 Å². The van der Waals surface area contributed by atoms with E-state index in [1.54, 1.807) is 19.1 Å². The number of rotatable bonds is 2. The highest BCUT2D eigenvalue weighted by Crippen LogP contribution is 2.23. The van der Waals surface area contributed by atoms with Crippen LogP contribution in [0.5, 0.6) is 0 Å². The molecule has 2 N–H and O–H groups in total. The van der Waals surface area contributed by atoms with Gasteiger partial charge in [-0.15, -0.1) is 0 Å². The SMILES string of the molecule is Cc1c(C(=O)N[C@H]2CCCNC2)c(=O)oc2ccc(Br)cc12. The lowest BCUT2D eigenvalue weighted by molar-refractivity contribution is 0.0926. The van der Waals surface area contributed by atoms with Gasteiger partial charge in [0.1, 0.15) is 11.1 Å². The summed E-state index contributed by atoms with van der Waals surface area (Å²) in [4.78, 5) is 24.6.